The van der Waals surface area contributed by atoms with Gasteiger partial charge < -0.3 is 15.2 Å². The summed E-state index contributed by atoms with van der Waals surface area (Å²) in [5.41, 5.74) is 7.17. The molecule has 29 heavy (non-hydrogen) atoms. The van der Waals surface area contributed by atoms with Gasteiger partial charge in [-0.15, -0.1) is 0 Å². The first kappa shape index (κ1) is 21.1. The third-order valence-electron chi connectivity index (χ3n) is 3.84. The Hall–Kier alpha value is -2.58. The smallest absolute Gasteiger partial charge is 0.215 e. The highest BCUT2D eigenvalue weighted by Gasteiger charge is 2.13. The van der Waals surface area contributed by atoms with Gasteiger partial charge in [0.25, 0.3) is 0 Å². The Bertz CT molecular complexity index is 1010. The number of rotatable bonds is 8. The minimum absolute atomic E-state index is 0.0880. The zero-order chi connectivity index (χ0) is 20.8. The first-order valence-electron chi connectivity index (χ1n) is 8.58. The van der Waals surface area contributed by atoms with Gasteiger partial charge >= 0.3 is 0 Å². The molecule has 0 saturated carbocycles. The van der Waals surface area contributed by atoms with Gasteiger partial charge in [-0.2, -0.15) is 11.8 Å². The minimum Gasteiger partial charge on any atom is -0.489 e. The van der Waals surface area contributed by atoms with Gasteiger partial charge in [-0.05, 0) is 36.1 Å². The van der Waals surface area contributed by atoms with Crippen molar-refractivity contribution in [2.45, 2.75) is 5.75 Å². The van der Waals surface area contributed by atoms with Crippen molar-refractivity contribution in [2.75, 3.05) is 25.2 Å². The zero-order valence-corrected chi connectivity index (χ0v) is 17.1. The molecule has 0 amide bonds. The number of hydrogen-bond acceptors (Lipinski definition) is 6. The average molecular weight is 438 g/mol. The summed E-state index contributed by atoms with van der Waals surface area (Å²) in [4.78, 5) is 7.81. The maximum absolute atomic E-state index is 14.2. The maximum atomic E-state index is 14.2. The lowest BCUT2D eigenvalue weighted by Crippen LogP contribution is -2.11. The number of ether oxygens (including phenoxy) is 2. The molecule has 2 N–H and O–H groups in total. The zero-order valence-electron chi connectivity index (χ0n) is 15.5. The Labute approximate surface area is 176 Å². The Morgan fingerprint density at radius 2 is 1.86 bits per heavy atom. The van der Waals surface area contributed by atoms with Gasteiger partial charge in [0.15, 0.2) is 0 Å². The lowest BCUT2D eigenvalue weighted by Gasteiger charge is -2.13. The van der Waals surface area contributed by atoms with Crippen LogP contribution in [0.15, 0.2) is 42.6 Å². The van der Waals surface area contributed by atoms with Gasteiger partial charge in [-0.25, -0.2) is 18.7 Å². The van der Waals surface area contributed by atoms with Crippen LogP contribution in [0.2, 0.25) is 5.15 Å². The Morgan fingerprint density at radius 3 is 2.66 bits per heavy atom. The first-order chi connectivity index (χ1) is 14.0. The number of anilines is 1. The van der Waals surface area contributed by atoms with Gasteiger partial charge in [0, 0.05) is 29.0 Å². The number of nitrogen functional groups attached to an aromatic ring is 1. The largest absolute Gasteiger partial charge is 0.489 e. The van der Waals surface area contributed by atoms with E-state index in [4.69, 9.17) is 26.8 Å². The molecular weight excluding hydrogens is 420 g/mol. The highest BCUT2D eigenvalue weighted by molar-refractivity contribution is 7.97. The Kier molecular flexibility index (Phi) is 7.11. The third kappa shape index (κ3) is 5.71. The number of nitrogens with zero attached hydrogens (tertiary/aromatic N) is 2. The van der Waals surface area contributed by atoms with Crippen LogP contribution in [0.4, 0.5) is 14.6 Å². The number of aromatic nitrogens is 2. The van der Waals surface area contributed by atoms with Crippen LogP contribution in [0, 0.1) is 11.6 Å². The van der Waals surface area contributed by atoms with E-state index in [9.17, 15) is 8.78 Å². The molecule has 2 aromatic heterocycles. The van der Waals surface area contributed by atoms with Gasteiger partial charge in [0.05, 0.1) is 6.20 Å². The number of pyridine rings is 2. The summed E-state index contributed by atoms with van der Waals surface area (Å²) in [7, 11) is 0. The van der Waals surface area contributed by atoms with E-state index >= 15 is 0 Å². The monoisotopic (exact) mass is 437 g/mol. The van der Waals surface area contributed by atoms with Gasteiger partial charge in [-0.1, -0.05) is 11.6 Å². The molecular formula is C20H18ClF2N3O2S. The van der Waals surface area contributed by atoms with E-state index in [1.165, 1.54) is 24.3 Å². The predicted octanol–water partition coefficient (Wildman–Crippen LogP) is 4.98. The molecule has 152 valence electrons. The van der Waals surface area contributed by atoms with Crippen LogP contribution < -0.4 is 15.2 Å². The SMILES string of the molecule is CSCc1cc(Cl)nc(OCCOc2cc(F)ccc2-c2cc(N)ncc2F)c1. The molecule has 3 rings (SSSR count). The highest BCUT2D eigenvalue weighted by Crippen LogP contribution is 2.33. The molecule has 0 spiro atoms. The van der Waals surface area contributed by atoms with Crippen molar-refractivity contribution >= 4 is 29.2 Å². The summed E-state index contributed by atoms with van der Waals surface area (Å²) in [5, 5.41) is 0.339. The van der Waals surface area contributed by atoms with Gasteiger partial charge in [0.2, 0.25) is 5.88 Å². The molecule has 0 aliphatic carbocycles. The van der Waals surface area contributed by atoms with Crippen LogP contribution in [-0.2, 0) is 5.75 Å². The molecule has 0 aliphatic rings. The molecule has 0 unspecified atom stereocenters. The predicted molar refractivity (Wildman–Crippen MR) is 111 cm³/mol. The first-order valence-corrected chi connectivity index (χ1v) is 10.4. The van der Waals surface area contributed by atoms with Gasteiger partial charge in [-0.3, -0.25) is 0 Å². The quantitative estimate of drug-likeness (QED) is 0.396. The molecule has 5 nitrogen and oxygen atoms in total. The minimum atomic E-state index is -0.587. The highest BCUT2D eigenvalue weighted by atomic mass is 35.5. The van der Waals surface area contributed by atoms with Crippen LogP contribution >= 0.6 is 23.4 Å². The maximum Gasteiger partial charge on any atom is 0.215 e. The molecule has 1 aromatic carbocycles. The normalized spacial score (nSPS) is 10.8. The lowest BCUT2D eigenvalue weighted by atomic mass is 10.1. The Balaban J connectivity index is 1.70. The van der Waals surface area contributed by atoms with E-state index in [0.717, 1.165) is 17.5 Å². The number of halogens is 3. The Morgan fingerprint density at radius 1 is 1.07 bits per heavy atom. The second-order valence-corrected chi connectivity index (χ2v) is 7.25. The fraction of sp³-hybridized carbons (Fsp3) is 0.200. The number of thioether (sulfide) groups is 1. The number of nitrogens with two attached hydrogens (primary N) is 1. The molecule has 0 aliphatic heterocycles. The van der Waals surface area contributed by atoms with E-state index in [0.29, 0.717) is 16.6 Å². The van der Waals surface area contributed by atoms with Crippen LogP contribution in [0.25, 0.3) is 11.1 Å². The van der Waals surface area contributed by atoms with E-state index in [1.54, 1.807) is 23.9 Å². The van der Waals surface area contributed by atoms with Crippen LogP contribution in [0.1, 0.15) is 5.56 Å². The van der Waals surface area contributed by atoms with Gasteiger partial charge in [0.1, 0.15) is 41.6 Å². The molecule has 0 atom stereocenters. The van der Waals surface area contributed by atoms with Crippen LogP contribution in [0.5, 0.6) is 11.6 Å². The fourth-order valence-corrected chi connectivity index (χ4v) is 3.37. The molecule has 0 radical (unpaired) electrons. The van der Waals surface area contributed by atoms with Crippen molar-refractivity contribution in [3.8, 4) is 22.8 Å². The molecule has 0 saturated heterocycles. The number of benzene rings is 1. The van der Waals surface area contributed by atoms with E-state index in [2.05, 4.69) is 9.97 Å². The van der Waals surface area contributed by atoms with Crippen molar-refractivity contribution in [1.82, 2.24) is 9.97 Å². The second-order valence-electron chi connectivity index (χ2n) is 6.00. The topological polar surface area (TPSA) is 70.3 Å². The van der Waals surface area contributed by atoms with Crippen molar-refractivity contribution in [3.63, 3.8) is 0 Å². The van der Waals surface area contributed by atoms with Crippen molar-refractivity contribution < 1.29 is 18.3 Å². The van der Waals surface area contributed by atoms with Crippen LogP contribution in [0.3, 0.4) is 0 Å². The molecule has 9 heteroatoms. The molecule has 0 bridgehead atoms. The summed E-state index contributed by atoms with van der Waals surface area (Å²) in [6, 6.07) is 8.77. The van der Waals surface area contributed by atoms with E-state index in [1.807, 2.05) is 6.26 Å². The molecule has 0 fully saturated rings. The second kappa shape index (κ2) is 9.76. The standard InChI is InChI=1S/C20H18ClF2N3O2S/c1-29-11-12-6-18(21)26-20(7-12)28-5-4-27-17-8-13(22)2-3-14(17)15-9-19(24)25-10-16(15)23/h2-3,6-10H,4-5,11H2,1H3,(H2,24,25). The summed E-state index contributed by atoms with van der Waals surface area (Å²) in [6.07, 6.45) is 3.00. The van der Waals surface area contributed by atoms with Crippen molar-refractivity contribution in [2.24, 2.45) is 0 Å². The van der Waals surface area contributed by atoms with Crippen molar-refractivity contribution in [1.29, 1.82) is 0 Å². The third-order valence-corrected chi connectivity index (χ3v) is 4.66. The summed E-state index contributed by atoms with van der Waals surface area (Å²) >= 11 is 7.66. The van der Waals surface area contributed by atoms with E-state index < -0.39 is 11.6 Å². The fourth-order valence-electron chi connectivity index (χ4n) is 2.64. The van der Waals surface area contributed by atoms with Crippen molar-refractivity contribution in [3.05, 3.63) is 64.9 Å². The molecule has 2 heterocycles. The average Bonchev–Trinajstić information content (AvgIpc) is 2.67. The summed E-state index contributed by atoms with van der Waals surface area (Å²) in [6.45, 7) is 0.230. The summed E-state index contributed by atoms with van der Waals surface area (Å²) < 4.78 is 39.1. The van der Waals surface area contributed by atoms with E-state index in [-0.39, 0.29) is 30.3 Å². The molecule has 3 aromatic rings. The van der Waals surface area contributed by atoms with Crippen LogP contribution in [-0.4, -0.2) is 29.4 Å². The number of hydrogen-bond donors (Lipinski definition) is 1. The summed E-state index contributed by atoms with van der Waals surface area (Å²) in [5.74, 6) is 0.370. The lowest BCUT2D eigenvalue weighted by molar-refractivity contribution is 0.212.